The first kappa shape index (κ1) is 14.8. The molecule has 0 unspecified atom stereocenters. The third-order valence-corrected chi connectivity index (χ3v) is 5.03. The van der Waals surface area contributed by atoms with Crippen LogP contribution < -0.4 is 10.7 Å². The molecule has 0 radical (unpaired) electrons. The van der Waals surface area contributed by atoms with Crippen LogP contribution in [0.3, 0.4) is 0 Å². The molecule has 1 aliphatic heterocycles. The highest BCUT2D eigenvalue weighted by Crippen LogP contribution is 2.78. The van der Waals surface area contributed by atoms with Gasteiger partial charge in [-0.2, -0.15) is 10.5 Å². The van der Waals surface area contributed by atoms with Crippen LogP contribution >= 0.6 is 11.6 Å². The number of amidine groups is 1. The third kappa shape index (κ3) is 1.29. The fourth-order valence-electron chi connectivity index (χ4n) is 3.77. The fourth-order valence-corrected chi connectivity index (χ4v) is 3.89. The van der Waals surface area contributed by atoms with Crippen molar-refractivity contribution in [1.29, 1.82) is 10.5 Å². The Bertz CT molecular complexity index is 744. The van der Waals surface area contributed by atoms with E-state index in [0.717, 1.165) is 5.56 Å². The van der Waals surface area contributed by atoms with E-state index in [-0.39, 0.29) is 5.84 Å². The number of halogens is 1. The lowest BCUT2D eigenvalue weighted by Gasteiger charge is -2.26. The highest BCUT2D eigenvalue weighted by atomic mass is 35.5. The lowest BCUT2D eigenvalue weighted by atomic mass is 9.93. The van der Waals surface area contributed by atoms with E-state index in [1.165, 1.54) is 14.2 Å². The maximum Gasteiger partial charge on any atom is 0.342 e. The van der Waals surface area contributed by atoms with Crippen molar-refractivity contribution >= 4 is 17.4 Å². The van der Waals surface area contributed by atoms with Crippen molar-refractivity contribution in [2.75, 3.05) is 14.2 Å². The number of hydrogen-bond donors (Lipinski definition) is 2. The van der Waals surface area contributed by atoms with Crippen molar-refractivity contribution < 1.29 is 14.5 Å². The quantitative estimate of drug-likeness (QED) is 0.754. The smallest absolute Gasteiger partial charge is 0.317 e. The van der Waals surface area contributed by atoms with Crippen LogP contribution in [-0.4, -0.2) is 26.0 Å². The summed E-state index contributed by atoms with van der Waals surface area (Å²) in [6, 6.07) is 11.4. The molecule has 1 aromatic rings. The Morgan fingerprint density at radius 1 is 1.18 bits per heavy atom. The van der Waals surface area contributed by atoms with Crippen LogP contribution in [0.4, 0.5) is 0 Å². The van der Waals surface area contributed by atoms with Gasteiger partial charge in [0.05, 0.1) is 12.1 Å². The molecule has 112 valence electrons. The summed E-state index contributed by atoms with van der Waals surface area (Å²) >= 11 is 5.91. The minimum atomic E-state index is -1.47. The molecule has 0 amide bonds. The van der Waals surface area contributed by atoms with Crippen LogP contribution in [0.5, 0.6) is 0 Å². The molecule has 0 spiro atoms. The predicted octanol–water partition coefficient (Wildman–Crippen LogP) is -0.145. The zero-order valence-corrected chi connectivity index (χ0v) is 12.8. The first-order chi connectivity index (χ1) is 10.5. The molecule has 3 atom stereocenters. The summed E-state index contributed by atoms with van der Waals surface area (Å²) in [6.45, 7) is 0. The fraction of sp³-hybridized carbons (Fsp3) is 0.400. The van der Waals surface area contributed by atoms with E-state index in [1.807, 2.05) is 0 Å². The monoisotopic (exact) mass is 317 g/mol. The van der Waals surface area contributed by atoms with Crippen molar-refractivity contribution in [3.8, 4) is 12.1 Å². The topological polar surface area (TPSA) is 106 Å². The van der Waals surface area contributed by atoms with Gasteiger partial charge in [-0.3, -0.25) is 5.73 Å². The van der Waals surface area contributed by atoms with Crippen molar-refractivity contribution in [3.05, 3.63) is 34.9 Å². The number of nitriles is 2. The number of hydrogen-bond acceptors (Lipinski definition) is 5. The van der Waals surface area contributed by atoms with Crippen LogP contribution in [-0.2, 0) is 9.47 Å². The zero-order chi connectivity index (χ0) is 16.2. The summed E-state index contributed by atoms with van der Waals surface area (Å²) in [6.07, 6.45) is 0. The average Bonchev–Trinajstić information content (AvgIpc) is 3.11. The molecule has 1 aliphatic carbocycles. The van der Waals surface area contributed by atoms with Crippen LogP contribution in [0.25, 0.3) is 0 Å². The molecule has 0 bridgehead atoms. The highest BCUT2D eigenvalue weighted by molar-refractivity contribution is 6.30. The molecule has 3 rings (SSSR count). The summed E-state index contributed by atoms with van der Waals surface area (Å²) in [4.78, 5) is 2.84. The van der Waals surface area contributed by atoms with E-state index < -0.39 is 22.7 Å². The first-order valence-corrected chi connectivity index (χ1v) is 6.96. The summed E-state index contributed by atoms with van der Waals surface area (Å²) in [5.74, 6) is -1.75. The summed E-state index contributed by atoms with van der Waals surface area (Å²) < 4.78 is 10.9. The number of fused-ring (bicyclic) bond motifs is 1. The van der Waals surface area contributed by atoms with E-state index in [9.17, 15) is 10.5 Å². The molecule has 0 aromatic heterocycles. The number of methoxy groups -OCH3 is 2. The first-order valence-electron chi connectivity index (χ1n) is 6.59. The number of benzene rings is 1. The Labute approximate surface area is 132 Å². The SMILES string of the molecule is COC1(OC)[NH+]=C(N)[C@@]2(C#N)[C@@H](c3ccc(Cl)cc3)[C@@]12C#N. The lowest BCUT2D eigenvalue weighted by molar-refractivity contribution is -0.687. The molecular formula is C15H14ClN4O2+. The molecule has 0 saturated heterocycles. The van der Waals surface area contributed by atoms with Gasteiger partial charge in [0.15, 0.2) is 10.8 Å². The van der Waals surface area contributed by atoms with E-state index in [0.29, 0.717) is 5.02 Å². The Morgan fingerprint density at radius 3 is 2.23 bits per heavy atom. The molecule has 1 aromatic carbocycles. The van der Waals surface area contributed by atoms with Gasteiger partial charge < -0.3 is 9.47 Å². The third-order valence-electron chi connectivity index (χ3n) is 4.78. The average molecular weight is 318 g/mol. The molecule has 2 aliphatic rings. The number of rotatable bonds is 3. The van der Waals surface area contributed by atoms with Gasteiger partial charge in [-0.05, 0) is 17.7 Å². The van der Waals surface area contributed by atoms with Crippen molar-refractivity contribution in [3.63, 3.8) is 0 Å². The van der Waals surface area contributed by atoms with Crippen molar-refractivity contribution in [2.24, 2.45) is 16.6 Å². The molecular weight excluding hydrogens is 304 g/mol. The van der Waals surface area contributed by atoms with Gasteiger partial charge in [-0.1, -0.05) is 23.7 Å². The number of nitrogens with two attached hydrogens (primary N) is 1. The van der Waals surface area contributed by atoms with Gasteiger partial charge in [-0.15, -0.1) is 0 Å². The number of nitrogens with zero attached hydrogens (tertiary/aromatic N) is 2. The van der Waals surface area contributed by atoms with E-state index in [1.54, 1.807) is 24.3 Å². The normalized spacial score (nSPS) is 34.2. The number of ether oxygens (including phenoxy) is 2. The molecule has 22 heavy (non-hydrogen) atoms. The molecule has 1 fully saturated rings. The summed E-state index contributed by atoms with van der Waals surface area (Å²) in [5.41, 5.74) is 4.37. The van der Waals surface area contributed by atoms with Crippen LogP contribution in [0.2, 0.25) is 5.02 Å². The standard InChI is InChI=1S/C15H13ClN4O2/c1-21-15(22-2)14(8-18)11(9-3-5-10(16)6-4-9)13(14,7-17)12(19)20-15/h3-6,11H,1-2H3,(H2,19,20)/p+1/t11-,13-,14-/m1/s1. The maximum atomic E-state index is 9.87. The Hall–Kier alpha value is -2.12. The lowest BCUT2D eigenvalue weighted by Crippen LogP contribution is -2.90. The van der Waals surface area contributed by atoms with Crippen LogP contribution in [0.15, 0.2) is 24.3 Å². The molecule has 1 heterocycles. The summed E-state index contributed by atoms with van der Waals surface area (Å²) in [7, 11) is 2.82. The molecule has 6 nitrogen and oxygen atoms in total. The molecule has 1 saturated carbocycles. The van der Waals surface area contributed by atoms with E-state index >= 15 is 0 Å². The van der Waals surface area contributed by atoms with Crippen LogP contribution in [0, 0.1) is 33.5 Å². The highest BCUT2D eigenvalue weighted by Gasteiger charge is 2.96. The maximum absolute atomic E-state index is 9.87. The van der Waals surface area contributed by atoms with Gasteiger partial charge in [0, 0.05) is 25.2 Å². The second-order valence-corrected chi connectivity index (χ2v) is 5.82. The molecule has 3 N–H and O–H groups in total. The van der Waals surface area contributed by atoms with Gasteiger partial charge in [-0.25, -0.2) is 4.99 Å². The minimum absolute atomic E-state index is 0.181. The van der Waals surface area contributed by atoms with Gasteiger partial charge >= 0.3 is 5.91 Å². The zero-order valence-electron chi connectivity index (χ0n) is 12.1. The Kier molecular flexibility index (Phi) is 2.99. The summed E-state index contributed by atoms with van der Waals surface area (Å²) in [5, 5.41) is 20.2. The number of nitrogens with one attached hydrogen (secondary N) is 1. The predicted molar refractivity (Wildman–Crippen MR) is 77.2 cm³/mol. The van der Waals surface area contributed by atoms with E-state index in [4.69, 9.17) is 26.8 Å². The van der Waals surface area contributed by atoms with Crippen molar-refractivity contribution in [2.45, 2.75) is 11.8 Å². The second-order valence-electron chi connectivity index (χ2n) is 5.39. The van der Waals surface area contributed by atoms with Gasteiger partial charge in [0.1, 0.15) is 0 Å². The minimum Gasteiger partial charge on any atom is -0.317 e. The Morgan fingerprint density at radius 2 is 1.77 bits per heavy atom. The Balaban J connectivity index is 2.23. The van der Waals surface area contributed by atoms with E-state index in [2.05, 4.69) is 17.1 Å². The second kappa shape index (κ2) is 4.44. The van der Waals surface area contributed by atoms with Gasteiger partial charge in [0.25, 0.3) is 5.84 Å². The van der Waals surface area contributed by atoms with Crippen molar-refractivity contribution in [1.82, 2.24) is 0 Å². The largest absolute Gasteiger partial charge is 0.342 e. The van der Waals surface area contributed by atoms with Crippen LogP contribution in [0.1, 0.15) is 11.5 Å². The van der Waals surface area contributed by atoms with Gasteiger partial charge in [0.2, 0.25) is 0 Å². The molecule has 7 heteroatoms.